The number of halogens is 1. The largest absolute Gasteiger partial charge is 0.461 e. The highest BCUT2D eigenvalue weighted by atomic mass is 35.5. The molecule has 0 saturated carbocycles. The molecule has 0 amide bonds. The molecule has 1 atom stereocenters. The van der Waals surface area contributed by atoms with Crippen LogP contribution in [0.15, 0.2) is 28.7 Å². The van der Waals surface area contributed by atoms with Gasteiger partial charge in [-0.3, -0.25) is 0 Å². The van der Waals surface area contributed by atoms with Gasteiger partial charge < -0.3 is 10.2 Å². The second kappa shape index (κ2) is 4.25. The Balaban J connectivity index is 2.30. The molecule has 0 aliphatic heterocycles. The Morgan fingerprint density at radius 3 is 2.93 bits per heavy atom. The van der Waals surface area contributed by atoms with Gasteiger partial charge in [-0.05, 0) is 36.7 Å². The predicted molar refractivity (Wildman–Crippen MR) is 63.1 cm³/mol. The SMILES string of the molecule is CC(CN)Cc1cc2cc(Cl)ccc2o1. The molecule has 2 aromatic rings. The zero-order valence-corrected chi connectivity index (χ0v) is 9.42. The highest BCUT2D eigenvalue weighted by Crippen LogP contribution is 2.24. The van der Waals surface area contributed by atoms with E-state index in [9.17, 15) is 0 Å². The molecule has 2 nitrogen and oxygen atoms in total. The van der Waals surface area contributed by atoms with Gasteiger partial charge in [0.1, 0.15) is 11.3 Å². The lowest BCUT2D eigenvalue weighted by Crippen LogP contribution is -2.12. The highest BCUT2D eigenvalue weighted by molar-refractivity contribution is 6.31. The summed E-state index contributed by atoms with van der Waals surface area (Å²) in [6.07, 6.45) is 0.878. The van der Waals surface area contributed by atoms with Crippen LogP contribution in [0.4, 0.5) is 0 Å². The van der Waals surface area contributed by atoms with E-state index in [2.05, 4.69) is 6.92 Å². The monoisotopic (exact) mass is 223 g/mol. The quantitative estimate of drug-likeness (QED) is 0.868. The number of rotatable bonds is 3. The molecule has 1 aromatic carbocycles. The van der Waals surface area contributed by atoms with E-state index in [0.29, 0.717) is 12.5 Å². The molecule has 0 aliphatic carbocycles. The van der Waals surface area contributed by atoms with Gasteiger partial charge in [-0.25, -0.2) is 0 Å². The molecule has 0 aliphatic rings. The van der Waals surface area contributed by atoms with Crippen molar-refractivity contribution in [2.24, 2.45) is 11.7 Å². The van der Waals surface area contributed by atoms with E-state index >= 15 is 0 Å². The Morgan fingerprint density at radius 1 is 1.40 bits per heavy atom. The lowest BCUT2D eigenvalue weighted by molar-refractivity contribution is 0.484. The molecule has 0 spiro atoms. The first kappa shape index (κ1) is 10.5. The van der Waals surface area contributed by atoms with E-state index in [1.165, 1.54) is 0 Å². The molecule has 15 heavy (non-hydrogen) atoms. The average molecular weight is 224 g/mol. The first-order valence-electron chi connectivity index (χ1n) is 5.07. The van der Waals surface area contributed by atoms with Crippen LogP contribution in [0, 0.1) is 5.92 Å². The highest BCUT2D eigenvalue weighted by Gasteiger charge is 2.07. The van der Waals surface area contributed by atoms with Gasteiger partial charge in [-0.15, -0.1) is 0 Å². The molecule has 1 aromatic heterocycles. The lowest BCUT2D eigenvalue weighted by atomic mass is 10.1. The molecular formula is C12H14ClNO. The number of hydrogen-bond acceptors (Lipinski definition) is 2. The fourth-order valence-corrected chi connectivity index (χ4v) is 1.78. The Labute approximate surface area is 94.0 Å². The lowest BCUT2D eigenvalue weighted by Gasteiger charge is -2.03. The van der Waals surface area contributed by atoms with E-state index in [-0.39, 0.29) is 0 Å². The third-order valence-electron chi connectivity index (χ3n) is 2.48. The molecule has 0 bridgehead atoms. The van der Waals surface area contributed by atoms with Crippen LogP contribution in [0.2, 0.25) is 5.02 Å². The van der Waals surface area contributed by atoms with Crippen LogP contribution in [-0.2, 0) is 6.42 Å². The first-order valence-corrected chi connectivity index (χ1v) is 5.45. The molecule has 0 fully saturated rings. The van der Waals surface area contributed by atoms with Gasteiger partial charge in [0.25, 0.3) is 0 Å². The van der Waals surface area contributed by atoms with Crippen molar-refractivity contribution in [3.05, 3.63) is 35.0 Å². The van der Waals surface area contributed by atoms with Gasteiger partial charge in [0.2, 0.25) is 0 Å². The number of hydrogen-bond donors (Lipinski definition) is 1. The third kappa shape index (κ3) is 2.33. The van der Waals surface area contributed by atoms with E-state index in [4.69, 9.17) is 21.8 Å². The maximum atomic E-state index is 5.90. The summed E-state index contributed by atoms with van der Waals surface area (Å²) in [6.45, 7) is 2.79. The fourth-order valence-electron chi connectivity index (χ4n) is 1.60. The molecule has 3 heteroatoms. The van der Waals surface area contributed by atoms with Crippen LogP contribution in [0.3, 0.4) is 0 Å². The Bertz CT molecular complexity index is 464. The summed E-state index contributed by atoms with van der Waals surface area (Å²) >= 11 is 5.90. The van der Waals surface area contributed by atoms with Crippen molar-refractivity contribution in [3.63, 3.8) is 0 Å². The summed E-state index contributed by atoms with van der Waals surface area (Å²) < 4.78 is 5.68. The van der Waals surface area contributed by atoms with E-state index < -0.39 is 0 Å². The zero-order valence-electron chi connectivity index (χ0n) is 8.66. The van der Waals surface area contributed by atoms with Crippen molar-refractivity contribution in [1.82, 2.24) is 0 Å². The number of benzene rings is 1. The second-order valence-electron chi connectivity index (χ2n) is 3.94. The summed E-state index contributed by atoms with van der Waals surface area (Å²) in [6, 6.07) is 7.68. The normalized spacial score (nSPS) is 13.3. The topological polar surface area (TPSA) is 39.2 Å². The molecule has 1 unspecified atom stereocenters. The van der Waals surface area contributed by atoms with Crippen LogP contribution in [-0.4, -0.2) is 6.54 Å². The number of furan rings is 1. The Morgan fingerprint density at radius 2 is 2.20 bits per heavy atom. The van der Waals surface area contributed by atoms with Gasteiger partial charge in [0.15, 0.2) is 0 Å². The van der Waals surface area contributed by atoms with Gasteiger partial charge in [-0.2, -0.15) is 0 Å². The summed E-state index contributed by atoms with van der Waals surface area (Å²) in [5, 5.41) is 1.79. The Kier molecular flexibility index (Phi) is 2.98. The molecule has 0 saturated heterocycles. The van der Waals surface area contributed by atoms with Crippen molar-refractivity contribution in [3.8, 4) is 0 Å². The standard InChI is InChI=1S/C12H14ClNO/c1-8(7-14)4-11-6-9-5-10(13)2-3-12(9)15-11/h2-3,5-6,8H,4,7,14H2,1H3. The molecule has 2 rings (SSSR count). The maximum absolute atomic E-state index is 5.90. The predicted octanol–water partition coefficient (Wildman–Crippen LogP) is 3.22. The van der Waals surface area contributed by atoms with Crippen LogP contribution >= 0.6 is 11.6 Å². The van der Waals surface area contributed by atoms with Crippen molar-refractivity contribution in [2.45, 2.75) is 13.3 Å². The van der Waals surface area contributed by atoms with Gasteiger partial charge in [-0.1, -0.05) is 18.5 Å². The van der Waals surface area contributed by atoms with Crippen molar-refractivity contribution in [2.75, 3.05) is 6.54 Å². The van der Waals surface area contributed by atoms with E-state index in [0.717, 1.165) is 28.2 Å². The van der Waals surface area contributed by atoms with Crippen LogP contribution < -0.4 is 5.73 Å². The molecule has 80 valence electrons. The Hall–Kier alpha value is -0.990. The van der Waals surface area contributed by atoms with Gasteiger partial charge >= 0.3 is 0 Å². The summed E-state index contributed by atoms with van der Waals surface area (Å²) in [4.78, 5) is 0. The van der Waals surface area contributed by atoms with Crippen molar-refractivity contribution < 1.29 is 4.42 Å². The molecule has 0 radical (unpaired) electrons. The van der Waals surface area contributed by atoms with Gasteiger partial charge in [0, 0.05) is 16.8 Å². The van der Waals surface area contributed by atoms with Crippen LogP contribution in [0.5, 0.6) is 0 Å². The van der Waals surface area contributed by atoms with Crippen LogP contribution in [0.1, 0.15) is 12.7 Å². The minimum atomic E-state index is 0.445. The first-order chi connectivity index (χ1) is 7.19. The summed E-state index contributed by atoms with van der Waals surface area (Å²) in [7, 11) is 0. The zero-order chi connectivity index (χ0) is 10.8. The van der Waals surface area contributed by atoms with Crippen LogP contribution in [0.25, 0.3) is 11.0 Å². The minimum Gasteiger partial charge on any atom is -0.461 e. The van der Waals surface area contributed by atoms with E-state index in [1.807, 2.05) is 24.3 Å². The maximum Gasteiger partial charge on any atom is 0.134 e. The van der Waals surface area contributed by atoms with Crippen molar-refractivity contribution >= 4 is 22.6 Å². The average Bonchev–Trinajstić information content (AvgIpc) is 2.59. The van der Waals surface area contributed by atoms with E-state index in [1.54, 1.807) is 0 Å². The van der Waals surface area contributed by atoms with Crippen molar-refractivity contribution in [1.29, 1.82) is 0 Å². The molecular weight excluding hydrogens is 210 g/mol. The summed E-state index contributed by atoms with van der Waals surface area (Å²) in [5.74, 6) is 1.42. The second-order valence-corrected chi connectivity index (χ2v) is 4.38. The van der Waals surface area contributed by atoms with Gasteiger partial charge in [0.05, 0.1) is 0 Å². The summed E-state index contributed by atoms with van der Waals surface area (Å²) in [5.41, 5.74) is 6.46. The minimum absolute atomic E-state index is 0.445. The molecule has 2 N–H and O–H groups in total. The smallest absolute Gasteiger partial charge is 0.134 e. The number of fused-ring (bicyclic) bond motifs is 1. The molecule has 1 heterocycles. The third-order valence-corrected chi connectivity index (χ3v) is 2.72. The fraction of sp³-hybridized carbons (Fsp3) is 0.333. The number of nitrogens with two attached hydrogens (primary N) is 1.